The second-order valence-corrected chi connectivity index (χ2v) is 5.36. The van der Waals surface area contributed by atoms with Crippen LogP contribution in [-0.4, -0.2) is 27.9 Å². The molecule has 0 amide bonds. The maximum Gasteiger partial charge on any atom is 0.573 e. The minimum atomic E-state index is -4.71. The SMILES string of the molecule is Cc1nn(CCO)c(C)c1CNCc1ccccc1OC(F)(F)F. The van der Waals surface area contributed by atoms with Crippen molar-refractivity contribution < 1.29 is 23.0 Å². The first-order chi connectivity index (χ1) is 11.3. The zero-order valence-electron chi connectivity index (χ0n) is 13.5. The Labute approximate surface area is 138 Å². The lowest BCUT2D eigenvalue weighted by Gasteiger charge is -2.13. The largest absolute Gasteiger partial charge is 0.573 e. The number of aryl methyl sites for hydroxylation is 1. The van der Waals surface area contributed by atoms with E-state index in [4.69, 9.17) is 5.11 Å². The van der Waals surface area contributed by atoms with Crippen LogP contribution >= 0.6 is 0 Å². The van der Waals surface area contributed by atoms with Crippen LogP contribution in [0, 0.1) is 13.8 Å². The number of benzene rings is 1. The molecule has 0 spiro atoms. The van der Waals surface area contributed by atoms with E-state index >= 15 is 0 Å². The van der Waals surface area contributed by atoms with Crippen LogP contribution in [0.5, 0.6) is 5.75 Å². The molecule has 132 valence electrons. The van der Waals surface area contributed by atoms with Crippen LogP contribution in [0.1, 0.15) is 22.5 Å². The molecule has 0 atom stereocenters. The molecular weight excluding hydrogens is 323 g/mol. The van der Waals surface area contributed by atoms with Gasteiger partial charge in [-0.25, -0.2) is 0 Å². The molecule has 1 heterocycles. The van der Waals surface area contributed by atoms with Crippen LogP contribution in [-0.2, 0) is 19.6 Å². The number of hydrogen-bond acceptors (Lipinski definition) is 4. The van der Waals surface area contributed by atoms with Crippen LogP contribution in [0.3, 0.4) is 0 Å². The minimum absolute atomic E-state index is 0.00299. The Bertz CT molecular complexity index is 684. The monoisotopic (exact) mass is 343 g/mol. The third kappa shape index (κ3) is 4.72. The van der Waals surface area contributed by atoms with E-state index in [-0.39, 0.29) is 18.9 Å². The summed E-state index contributed by atoms with van der Waals surface area (Å²) in [7, 11) is 0. The molecule has 2 rings (SSSR count). The molecule has 2 aromatic rings. The van der Waals surface area contributed by atoms with E-state index in [1.807, 2.05) is 13.8 Å². The molecule has 1 aromatic carbocycles. The lowest BCUT2D eigenvalue weighted by Crippen LogP contribution is -2.20. The summed E-state index contributed by atoms with van der Waals surface area (Å²) in [5.41, 5.74) is 3.15. The average Bonchev–Trinajstić information content (AvgIpc) is 2.75. The summed E-state index contributed by atoms with van der Waals surface area (Å²) in [6.45, 7) is 4.86. The zero-order chi connectivity index (χ0) is 17.7. The molecule has 2 N–H and O–H groups in total. The summed E-state index contributed by atoms with van der Waals surface area (Å²) in [6, 6.07) is 6.04. The molecule has 0 unspecified atom stereocenters. The number of aliphatic hydroxyl groups excluding tert-OH is 1. The van der Waals surface area contributed by atoms with Gasteiger partial charge in [0.1, 0.15) is 5.75 Å². The number of aromatic nitrogens is 2. The number of aliphatic hydroxyl groups is 1. The van der Waals surface area contributed by atoms with Crippen LogP contribution in [0.4, 0.5) is 13.2 Å². The van der Waals surface area contributed by atoms with Gasteiger partial charge in [0.15, 0.2) is 0 Å². The van der Waals surface area contributed by atoms with Crippen molar-refractivity contribution in [3.8, 4) is 5.75 Å². The van der Waals surface area contributed by atoms with Gasteiger partial charge in [-0.15, -0.1) is 13.2 Å². The summed E-state index contributed by atoms with van der Waals surface area (Å²) in [6.07, 6.45) is -4.71. The molecule has 0 radical (unpaired) electrons. The number of halogens is 3. The summed E-state index contributed by atoms with van der Waals surface area (Å²) in [5.74, 6) is -0.207. The van der Waals surface area contributed by atoms with E-state index in [1.54, 1.807) is 16.8 Å². The number of nitrogens with one attached hydrogen (secondary N) is 1. The van der Waals surface area contributed by atoms with Crippen molar-refractivity contribution in [3.05, 3.63) is 46.8 Å². The fraction of sp³-hybridized carbons (Fsp3) is 0.438. The summed E-state index contributed by atoms with van der Waals surface area (Å²) >= 11 is 0. The highest BCUT2D eigenvalue weighted by molar-refractivity contribution is 5.33. The molecule has 24 heavy (non-hydrogen) atoms. The number of rotatable bonds is 7. The second-order valence-electron chi connectivity index (χ2n) is 5.36. The summed E-state index contributed by atoms with van der Waals surface area (Å²) < 4.78 is 43.0. The Morgan fingerprint density at radius 2 is 1.92 bits per heavy atom. The van der Waals surface area contributed by atoms with Crippen molar-refractivity contribution in [1.82, 2.24) is 15.1 Å². The smallest absolute Gasteiger partial charge is 0.405 e. The van der Waals surface area contributed by atoms with Gasteiger partial charge in [0.25, 0.3) is 0 Å². The van der Waals surface area contributed by atoms with Gasteiger partial charge in [-0.1, -0.05) is 18.2 Å². The molecule has 0 aliphatic heterocycles. The van der Waals surface area contributed by atoms with Gasteiger partial charge in [0.2, 0.25) is 0 Å². The highest BCUT2D eigenvalue weighted by Crippen LogP contribution is 2.26. The second kappa shape index (κ2) is 7.67. The fourth-order valence-electron chi connectivity index (χ4n) is 2.50. The standard InChI is InChI=1S/C16H20F3N3O2/c1-11-14(12(2)22(21-11)7-8-23)10-20-9-13-5-3-4-6-15(13)24-16(17,18)19/h3-6,20,23H,7-10H2,1-2H3. The minimum Gasteiger partial charge on any atom is -0.405 e. The van der Waals surface area contributed by atoms with Gasteiger partial charge in [0.05, 0.1) is 18.8 Å². The molecular formula is C16H20F3N3O2. The van der Waals surface area contributed by atoms with Crippen LogP contribution < -0.4 is 10.1 Å². The molecule has 0 saturated heterocycles. The Morgan fingerprint density at radius 1 is 1.21 bits per heavy atom. The van der Waals surface area contributed by atoms with Gasteiger partial charge < -0.3 is 15.2 Å². The maximum absolute atomic E-state index is 12.4. The number of hydrogen-bond donors (Lipinski definition) is 2. The Kier molecular flexibility index (Phi) is 5.84. The van der Waals surface area contributed by atoms with Crippen molar-refractivity contribution in [2.24, 2.45) is 0 Å². The molecule has 5 nitrogen and oxygen atoms in total. The van der Waals surface area contributed by atoms with E-state index < -0.39 is 6.36 Å². The first-order valence-electron chi connectivity index (χ1n) is 7.50. The van der Waals surface area contributed by atoms with Gasteiger partial charge in [-0.05, 0) is 19.9 Å². The van der Waals surface area contributed by atoms with Crippen LogP contribution in [0.15, 0.2) is 24.3 Å². The zero-order valence-corrected chi connectivity index (χ0v) is 13.5. The van der Waals surface area contributed by atoms with E-state index in [0.717, 1.165) is 17.0 Å². The number of nitrogens with zero attached hydrogens (tertiary/aromatic N) is 2. The molecule has 0 bridgehead atoms. The van der Waals surface area contributed by atoms with E-state index in [1.165, 1.54) is 12.1 Å². The Balaban J connectivity index is 2.03. The predicted octanol–water partition coefficient (Wildman–Crippen LogP) is 2.68. The molecule has 0 aliphatic carbocycles. The van der Waals surface area contributed by atoms with Gasteiger partial charge >= 0.3 is 6.36 Å². The van der Waals surface area contributed by atoms with Crippen molar-refractivity contribution in [2.45, 2.75) is 39.8 Å². The van der Waals surface area contributed by atoms with Crippen molar-refractivity contribution >= 4 is 0 Å². The first kappa shape index (κ1) is 18.3. The molecule has 0 aliphatic rings. The normalized spacial score (nSPS) is 11.8. The van der Waals surface area contributed by atoms with E-state index in [9.17, 15) is 13.2 Å². The predicted molar refractivity (Wildman–Crippen MR) is 82.5 cm³/mol. The van der Waals surface area contributed by atoms with Gasteiger partial charge in [0, 0.05) is 29.9 Å². The lowest BCUT2D eigenvalue weighted by molar-refractivity contribution is -0.274. The van der Waals surface area contributed by atoms with Gasteiger partial charge in [-0.2, -0.15) is 5.10 Å². The van der Waals surface area contributed by atoms with Crippen molar-refractivity contribution in [2.75, 3.05) is 6.61 Å². The fourth-order valence-corrected chi connectivity index (χ4v) is 2.50. The van der Waals surface area contributed by atoms with E-state index in [0.29, 0.717) is 18.7 Å². The number of ether oxygens (including phenoxy) is 1. The summed E-state index contributed by atoms with van der Waals surface area (Å²) in [4.78, 5) is 0. The Hall–Kier alpha value is -2.06. The molecule has 8 heteroatoms. The number of alkyl halides is 3. The van der Waals surface area contributed by atoms with Gasteiger partial charge in [-0.3, -0.25) is 4.68 Å². The number of para-hydroxylation sites is 1. The maximum atomic E-state index is 12.4. The van der Waals surface area contributed by atoms with Crippen molar-refractivity contribution in [3.63, 3.8) is 0 Å². The van der Waals surface area contributed by atoms with Crippen LogP contribution in [0.25, 0.3) is 0 Å². The van der Waals surface area contributed by atoms with Crippen molar-refractivity contribution in [1.29, 1.82) is 0 Å². The van der Waals surface area contributed by atoms with E-state index in [2.05, 4.69) is 15.2 Å². The molecule has 1 aromatic heterocycles. The molecule has 0 fully saturated rings. The highest BCUT2D eigenvalue weighted by atomic mass is 19.4. The highest BCUT2D eigenvalue weighted by Gasteiger charge is 2.31. The quantitative estimate of drug-likeness (QED) is 0.812. The molecule has 0 saturated carbocycles. The lowest BCUT2D eigenvalue weighted by atomic mass is 10.1. The Morgan fingerprint density at radius 3 is 2.58 bits per heavy atom. The topological polar surface area (TPSA) is 59.3 Å². The third-order valence-corrected chi connectivity index (χ3v) is 3.66. The van der Waals surface area contributed by atoms with Crippen LogP contribution in [0.2, 0.25) is 0 Å². The third-order valence-electron chi connectivity index (χ3n) is 3.66. The average molecular weight is 343 g/mol. The first-order valence-corrected chi connectivity index (χ1v) is 7.50. The summed E-state index contributed by atoms with van der Waals surface area (Å²) in [5, 5.41) is 16.5.